The van der Waals surface area contributed by atoms with Crippen LogP contribution >= 0.6 is 0 Å². The van der Waals surface area contributed by atoms with Crippen molar-refractivity contribution in [2.24, 2.45) is 5.92 Å². The summed E-state index contributed by atoms with van der Waals surface area (Å²) in [5.41, 5.74) is 0. The first-order valence-electron chi connectivity index (χ1n) is 5.58. The maximum Gasteiger partial charge on any atom is 0.120 e. The van der Waals surface area contributed by atoms with Crippen molar-refractivity contribution in [1.82, 2.24) is 4.90 Å². The molecule has 0 N–H and O–H groups in total. The molecule has 0 aromatic carbocycles. The van der Waals surface area contributed by atoms with Crippen LogP contribution in [-0.4, -0.2) is 30.3 Å². The third-order valence-corrected chi connectivity index (χ3v) is 3.41. The molecule has 1 aliphatic carbocycles. The van der Waals surface area contributed by atoms with E-state index in [0.29, 0.717) is 0 Å². The van der Waals surface area contributed by atoms with Gasteiger partial charge in [-0.25, -0.2) is 0 Å². The Hall–Kier alpha value is -0.370. The van der Waals surface area contributed by atoms with Crippen LogP contribution in [0.2, 0.25) is 0 Å². The quantitative estimate of drug-likeness (QED) is 0.617. The van der Waals surface area contributed by atoms with E-state index in [0.717, 1.165) is 31.1 Å². The van der Waals surface area contributed by atoms with Gasteiger partial charge in [-0.2, -0.15) is 0 Å². The predicted octanol–water partition coefficient (Wildman–Crippen LogP) is 1.84. The highest BCUT2D eigenvalue weighted by Gasteiger charge is 2.31. The summed E-state index contributed by atoms with van der Waals surface area (Å²) in [4.78, 5) is 12.9. The van der Waals surface area contributed by atoms with Gasteiger partial charge in [0.05, 0.1) is 0 Å². The van der Waals surface area contributed by atoms with Crippen LogP contribution in [0, 0.1) is 5.92 Å². The first-order chi connectivity index (χ1) is 6.40. The minimum absolute atomic E-state index is 0.772. The predicted molar refractivity (Wildman–Crippen MR) is 52.6 cm³/mol. The molecule has 1 heterocycles. The van der Waals surface area contributed by atoms with Crippen LogP contribution in [0.1, 0.15) is 38.5 Å². The lowest BCUT2D eigenvalue weighted by molar-refractivity contribution is -0.108. The number of nitrogens with zero attached hydrogens (tertiary/aromatic N) is 1. The second-order valence-electron chi connectivity index (χ2n) is 4.45. The summed E-state index contributed by atoms with van der Waals surface area (Å²) in [6, 6.07) is 0.937. The van der Waals surface area contributed by atoms with Crippen molar-refractivity contribution in [2.45, 2.75) is 44.6 Å². The van der Waals surface area contributed by atoms with E-state index in [1.54, 1.807) is 0 Å². The maximum atomic E-state index is 10.2. The van der Waals surface area contributed by atoms with E-state index in [-0.39, 0.29) is 0 Å². The summed E-state index contributed by atoms with van der Waals surface area (Å²) in [5, 5.41) is 0. The van der Waals surface area contributed by atoms with Crippen molar-refractivity contribution >= 4 is 6.29 Å². The summed E-state index contributed by atoms with van der Waals surface area (Å²) < 4.78 is 0. The molecule has 2 aliphatic rings. The van der Waals surface area contributed by atoms with Gasteiger partial charge in [0.25, 0.3) is 0 Å². The molecule has 74 valence electrons. The molecule has 2 fully saturated rings. The highest BCUT2D eigenvalue weighted by molar-refractivity contribution is 5.49. The van der Waals surface area contributed by atoms with Crippen molar-refractivity contribution in [3.8, 4) is 0 Å². The zero-order valence-electron chi connectivity index (χ0n) is 8.24. The van der Waals surface area contributed by atoms with Crippen molar-refractivity contribution in [1.29, 1.82) is 0 Å². The van der Waals surface area contributed by atoms with Crippen LogP contribution in [0.4, 0.5) is 0 Å². The maximum absolute atomic E-state index is 10.2. The average molecular weight is 181 g/mol. The molecule has 0 atom stereocenters. The molecule has 0 radical (unpaired) electrons. The van der Waals surface area contributed by atoms with Gasteiger partial charge in [0.15, 0.2) is 0 Å². The van der Waals surface area contributed by atoms with Crippen molar-refractivity contribution in [2.75, 3.05) is 13.1 Å². The fraction of sp³-hybridized carbons (Fsp3) is 0.909. The molecule has 2 heteroatoms. The summed E-state index contributed by atoms with van der Waals surface area (Å²) in [7, 11) is 0. The second-order valence-corrected chi connectivity index (χ2v) is 4.45. The Balaban J connectivity index is 1.66. The Bertz CT molecular complexity index is 169. The standard InChI is InChI=1S/C11H19NO/c13-9-1-2-10-5-7-12(8-6-10)11-3-4-11/h9-11H,1-8H2. The van der Waals surface area contributed by atoms with Gasteiger partial charge >= 0.3 is 0 Å². The van der Waals surface area contributed by atoms with Crippen LogP contribution in [0.3, 0.4) is 0 Å². The van der Waals surface area contributed by atoms with Crippen molar-refractivity contribution in [3.63, 3.8) is 0 Å². The Morgan fingerprint density at radius 3 is 2.38 bits per heavy atom. The largest absolute Gasteiger partial charge is 0.303 e. The van der Waals surface area contributed by atoms with E-state index < -0.39 is 0 Å². The minimum Gasteiger partial charge on any atom is -0.303 e. The fourth-order valence-electron chi connectivity index (χ4n) is 2.35. The molecule has 0 amide bonds. The van der Waals surface area contributed by atoms with Crippen LogP contribution in [0.25, 0.3) is 0 Å². The third-order valence-electron chi connectivity index (χ3n) is 3.41. The number of carbonyl (C=O) groups excluding carboxylic acids is 1. The highest BCUT2D eigenvalue weighted by atomic mass is 16.1. The lowest BCUT2D eigenvalue weighted by Gasteiger charge is -2.31. The Morgan fingerprint density at radius 2 is 1.85 bits per heavy atom. The number of likely N-dealkylation sites (tertiary alicyclic amines) is 1. The number of rotatable bonds is 4. The Labute approximate surface area is 80.3 Å². The molecule has 0 aromatic rings. The molecule has 2 nitrogen and oxygen atoms in total. The Kier molecular flexibility index (Phi) is 2.99. The monoisotopic (exact) mass is 181 g/mol. The number of hydrogen-bond donors (Lipinski definition) is 0. The molecule has 13 heavy (non-hydrogen) atoms. The summed E-state index contributed by atoms with van der Waals surface area (Å²) in [5.74, 6) is 0.834. The highest BCUT2D eigenvalue weighted by Crippen LogP contribution is 2.31. The zero-order chi connectivity index (χ0) is 9.10. The average Bonchev–Trinajstić information content (AvgIpc) is 2.99. The van der Waals surface area contributed by atoms with Gasteiger partial charge in [-0.05, 0) is 51.1 Å². The van der Waals surface area contributed by atoms with Crippen LogP contribution in [-0.2, 0) is 4.79 Å². The van der Waals surface area contributed by atoms with E-state index in [4.69, 9.17) is 0 Å². The number of piperidine rings is 1. The van der Waals surface area contributed by atoms with Gasteiger partial charge in [0, 0.05) is 12.5 Å². The molecular weight excluding hydrogens is 162 g/mol. The van der Waals surface area contributed by atoms with E-state index >= 15 is 0 Å². The summed E-state index contributed by atoms with van der Waals surface area (Å²) >= 11 is 0. The third kappa shape index (κ3) is 2.53. The lowest BCUT2D eigenvalue weighted by Crippen LogP contribution is -2.35. The second kappa shape index (κ2) is 4.23. The van der Waals surface area contributed by atoms with Crippen LogP contribution in [0.5, 0.6) is 0 Å². The van der Waals surface area contributed by atoms with Gasteiger partial charge in [-0.3, -0.25) is 0 Å². The number of hydrogen-bond acceptors (Lipinski definition) is 2. The topological polar surface area (TPSA) is 20.3 Å². The van der Waals surface area contributed by atoms with E-state index in [1.807, 2.05) is 0 Å². The van der Waals surface area contributed by atoms with Gasteiger partial charge in [0.1, 0.15) is 6.29 Å². The Morgan fingerprint density at radius 1 is 1.15 bits per heavy atom. The minimum atomic E-state index is 0.772. The van der Waals surface area contributed by atoms with E-state index in [9.17, 15) is 4.79 Å². The normalized spacial score (nSPS) is 26.2. The van der Waals surface area contributed by atoms with Gasteiger partial charge < -0.3 is 9.69 Å². The zero-order valence-corrected chi connectivity index (χ0v) is 8.24. The molecule has 0 bridgehead atoms. The molecule has 0 aromatic heterocycles. The molecule has 1 saturated heterocycles. The molecule has 0 unspecified atom stereocenters. The van der Waals surface area contributed by atoms with E-state index in [1.165, 1.54) is 38.8 Å². The van der Waals surface area contributed by atoms with Gasteiger partial charge in [0.2, 0.25) is 0 Å². The molecule has 1 aliphatic heterocycles. The SMILES string of the molecule is O=CCCC1CCN(C2CC2)CC1. The van der Waals surface area contributed by atoms with Gasteiger partial charge in [-0.15, -0.1) is 0 Å². The molecule has 2 rings (SSSR count). The molecule has 0 spiro atoms. The van der Waals surface area contributed by atoms with Crippen molar-refractivity contribution < 1.29 is 4.79 Å². The van der Waals surface area contributed by atoms with E-state index in [2.05, 4.69) is 4.90 Å². The van der Waals surface area contributed by atoms with Crippen LogP contribution in [0.15, 0.2) is 0 Å². The number of aldehydes is 1. The molecule has 1 saturated carbocycles. The smallest absolute Gasteiger partial charge is 0.120 e. The summed E-state index contributed by atoms with van der Waals surface area (Å²) in [6.07, 6.45) is 8.47. The fourth-order valence-corrected chi connectivity index (χ4v) is 2.35. The summed E-state index contributed by atoms with van der Waals surface area (Å²) in [6.45, 7) is 2.57. The lowest BCUT2D eigenvalue weighted by atomic mass is 9.92. The molecular formula is C11H19NO. The van der Waals surface area contributed by atoms with Crippen LogP contribution < -0.4 is 0 Å². The first-order valence-corrected chi connectivity index (χ1v) is 5.58. The van der Waals surface area contributed by atoms with Gasteiger partial charge in [-0.1, -0.05) is 0 Å². The first kappa shape index (κ1) is 9.20. The number of carbonyl (C=O) groups is 1. The van der Waals surface area contributed by atoms with Crippen molar-refractivity contribution in [3.05, 3.63) is 0 Å².